The number of aromatic nitrogens is 1. The average molecular weight is 345 g/mol. The summed E-state index contributed by atoms with van der Waals surface area (Å²) >= 11 is 4.86. The van der Waals surface area contributed by atoms with Crippen molar-refractivity contribution >= 4 is 33.6 Å². The second kappa shape index (κ2) is 7.29. The fraction of sp³-hybridized carbons (Fsp3) is 0.571. The Kier molecular flexibility index (Phi) is 6.33. The molecule has 0 spiro atoms. The molecule has 0 radical (unpaired) electrons. The summed E-state index contributed by atoms with van der Waals surface area (Å²) in [5.74, 6) is 0.166. The minimum absolute atomic E-state index is 0.126. The largest absolute Gasteiger partial charge is 0.337 e. The molecule has 0 saturated carbocycles. The number of carbonyl (C=O) groups is 1. The van der Waals surface area contributed by atoms with Crippen LogP contribution in [0.15, 0.2) is 27.8 Å². The van der Waals surface area contributed by atoms with Crippen LogP contribution >= 0.6 is 27.7 Å². The molecule has 0 aliphatic rings. The first-order valence-electron chi connectivity index (χ1n) is 6.43. The van der Waals surface area contributed by atoms with Crippen LogP contribution in [0, 0.1) is 0 Å². The third-order valence-electron chi connectivity index (χ3n) is 2.71. The summed E-state index contributed by atoms with van der Waals surface area (Å²) in [5, 5.41) is 0.745. The normalized spacial score (nSPS) is 12.8. The molecule has 106 valence electrons. The molecule has 1 amide bonds. The van der Waals surface area contributed by atoms with E-state index in [1.165, 1.54) is 11.8 Å². The Morgan fingerprint density at radius 2 is 1.79 bits per heavy atom. The van der Waals surface area contributed by atoms with E-state index in [9.17, 15) is 4.79 Å². The molecule has 1 atom stereocenters. The van der Waals surface area contributed by atoms with Crippen molar-refractivity contribution in [1.82, 2.24) is 9.88 Å². The van der Waals surface area contributed by atoms with Gasteiger partial charge in [-0.05, 0) is 62.7 Å². The number of nitrogens with zero attached hydrogens (tertiary/aromatic N) is 2. The van der Waals surface area contributed by atoms with Crippen LogP contribution in [0.4, 0.5) is 0 Å². The van der Waals surface area contributed by atoms with Crippen molar-refractivity contribution in [1.29, 1.82) is 0 Å². The number of rotatable bonds is 5. The van der Waals surface area contributed by atoms with E-state index in [0.29, 0.717) is 0 Å². The molecule has 0 N–H and O–H groups in total. The minimum Gasteiger partial charge on any atom is -0.337 e. The molecular weight excluding hydrogens is 324 g/mol. The standard InChI is InChI=1S/C14H21BrN2OS/c1-9(2)17(10(3)4)14(18)11(5)19-13-7-6-12(15)8-16-13/h6-11H,1-5H3. The summed E-state index contributed by atoms with van der Waals surface area (Å²) in [5.41, 5.74) is 0. The monoisotopic (exact) mass is 344 g/mol. The second-order valence-electron chi connectivity index (χ2n) is 5.01. The van der Waals surface area contributed by atoms with Gasteiger partial charge in [0.2, 0.25) is 5.91 Å². The predicted molar refractivity (Wildman–Crippen MR) is 84.4 cm³/mol. The predicted octanol–water partition coefficient (Wildman–Crippen LogP) is 3.97. The van der Waals surface area contributed by atoms with Gasteiger partial charge < -0.3 is 4.90 Å². The third kappa shape index (κ3) is 4.80. The second-order valence-corrected chi connectivity index (χ2v) is 7.28. The fourth-order valence-electron chi connectivity index (χ4n) is 1.98. The Morgan fingerprint density at radius 1 is 1.21 bits per heavy atom. The van der Waals surface area contributed by atoms with E-state index in [4.69, 9.17) is 0 Å². The molecule has 1 heterocycles. The van der Waals surface area contributed by atoms with Gasteiger partial charge in [0.1, 0.15) is 0 Å². The first kappa shape index (κ1) is 16.5. The van der Waals surface area contributed by atoms with Crippen molar-refractivity contribution < 1.29 is 4.79 Å². The lowest BCUT2D eigenvalue weighted by molar-refractivity contribution is -0.133. The highest BCUT2D eigenvalue weighted by Gasteiger charge is 2.25. The zero-order valence-corrected chi connectivity index (χ0v) is 14.5. The minimum atomic E-state index is -0.126. The van der Waals surface area contributed by atoms with Gasteiger partial charge in [-0.1, -0.05) is 11.8 Å². The van der Waals surface area contributed by atoms with E-state index in [1.54, 1.807) is 6.20 Å². The van der Waals surface area contributed by atoms with Gasteiger partial charge in [-0.25, -0.2) is 4.98 Å². The maximum atomic E-state index is 12.5. The van der Waals surface area contributed by atoms with Crippen LogP contribution in [0.2, 0.25) is 0 Å². The van der Waals surface area contributed by atoms with Gasteiger partial charge in [0, 0.05) is 22.8 Å². The van der Waals surface area contributed by atoms with Crippen molar-refractivity contribution in [3.05, 3.63) is 22.8 Å². The highest BCUT2D eigenvalue weighted by Crippen LogP contribution is 2.24. The number of amides is 1. The van der Waals surface area contributed by atoms with Gasteiger partial charge in [-0.15, -0.1) is 0 Å². The van der Waals surface area contributed by atoms with E-state index in [0.717, 1.165) is 9.50 Å². The molecule has 1 aromatic heterocycles. The first-order valence-corrected chi connectivity index (χ1v) is 8.10. The van der Waals surface area contributed by atoms with Gasteiger partial charge in [0.05, 0.1) is 10.3 Å². The van der Waals surface area contributed by atoms with Crippen molar-refractivity contribution in [3.8, 4) is 0 Å². The smallest absolute Gasteiger partial charge is 0.236 e. The molecule has 19 heavy (non-hydrogen) atoms. The summed E-state index contributed by atoms with van der Waals surface area (Å²) in [4.78, 5) is 18.7. The van der Waals surface area contributed by atoms with Crippen LogP contribution in [0.5, 0.6) is 0 Å². The van der Waals surface area contributed by atoms with Crippen LogP contribution in [-0.2, 0) is 4.79 Å². The van der Waals surface area contributed by atoms with E-state index in [-0.39, 0.29) is 23.2 Å². The molecule has 1 rings (SSSR count). The van der Waals surface area contributed by atoms with Crippen molar-refractivity contribution in [3.63, 3.8) is 0 Å². The van der Waals surface area contributed by atoms with Crippen LogP contribution in [-0.4, -0.2) is 33.1 Å². The number of thioether (sulfide) groups is 1. The van der Waals surface area contributed by atoms with Gasteiger partial charge in [-0.3, -0.25) is 4.79 Å². The molecule has 5 heteroatoms. The van der Waals surface area contributed by atoms with Gasteiger partial charge in [-0.2, -0.15) is 0 Å². The third-order valence-corrected chi connectivity index (χ3v) is 4.22. The molecule has 3 nitrogen and oxygen atoms in total. The Balaban J connectivity index is 2.73. The summed E-state index contributed by atoms with van der Waals surface area (Å²) in [7, 11) is 0. The highest BCUT2D eigenvalue weighted by atomic mass is 79.9. The Hall–Kier alpha value is -0.550. The van der Waals surface area contributed by atoms with Crippen molar-refractivity contribution in [2.45, 2.75) is 57.0 Å². The molecule has 0 fully saturated rings. The summed E-state index contributed by atoms with van der Waals surface area (Å²) in [6, 6.07) is 4.30. The van der Waals surface area contributed by atoms with Gasteiger partial charge in [0.25, 0.3) is 0 Å². The Bertz CT molecular complexity index is 412. The molecule has 0 saturated heterocycles. The number of hydrogen-bond acceptors (Lipinski definition) is 3. The lowest BCUT2D eigenvalue weighted by atomic mass is 10.2. The molecule has 1 aromatic rings. The Labute approximate surface area is 128 Å². The molecule has 0 bridgehead atoms. The topological polar surface area (TPSA) is 33.2 Å². The number of halogens is 1. The SMILES string of the molecule is CC(Sc1ccc(Br)cn1)C(=O)N(C(C)C)C(C)C. The van der Waals surface area contributed by atoms with E-state index < -0.39 is 0 Å². The lowest BCUT2D eigenvalue weighted by Crippen LogP contribution is -2.45. The molecule has 0 aliphatic heterocycles. The van der Waals surface area contributed by atoms with E-state index in [1.807, 2.05) is 51.7 Å². The van der Waals surface area contributed by atoms with Crippen molar-refractivity contribution in [2.75, 3.05) is 0 Å². The maximum Gasteiger partial charge on any atom is 0.236 e. The van der Waals surface area contributed by atoms with Crippen LogP contribution in [0.3, 0.4) is 0 Å². The zero-order chi connectivity index (χ0) is 14.6. The average Bonchev–Trinajstić information content (AvgIpc) is 2.31. The Morgan fingerprint density at radius 3 is 2.21 bits per heavy atom. The maximum absolute atomic E-state index is 12.5. The van der Waals surface area contributed by atoms with Crippen molar-refractivity contribution in [2.24, 2.45) is 0 Å². The fourth-order valence-corrected chi connectivity index (χ4v) is 3.06. The number of carbonyl (C=O) groups excluding carboxylic acids is 1. The summed E-state index contributed by atoms with van der Waals surface area (Å²) in [6.07, 6.45) is 1.75. The van der Waals surface area contributed by atoms with E-state index in [2.05, 4.69) is 20.9 Å². The first-order chi connectivity index (χ1) is 8.82. The quantitative estimate of drug-likeness (QED) is 0.757. The van der Waals surface area contributed by atoms with Crippen LogP contribution < -0.4 is 0 Å². The molecule has 0 aromatic carbocycles. The molecular formula is C14H21BrN2OS. The number of pyridine rings is 1. The van der Waals surface area contributed by atoms with Crippen LogP contribution in [0.25, 0.3) is 0 Å². The lowest BCUT2D eigenvalue weighted by Gasteiger charge is -2.32. The molecule has 0 aliphatic carbocycles. The summed E-state index contributed by atoms with van der Waals surface area (Å²) < 4.78 is 0.946. The van der Waals surface area contributed by atoms with E-state index >= 15 is 0 Å². The summed E-state index contributed by atoms with van der Waals surface area (Å²) in [6.45, 7) is 10.1. The molecule has 1 unspecified atom stereocenters. The van der Waals surface area contributed by atoms with Gasteiger partial charge >= 0.3 is 0 Å². The van der Waals surface area contributed by atoms with Gasteiger partial charge in [0.15, 0.2) is 0 Å². The van der Waals surface area contributed by atoms with Crippen LogP contribution in [0.1, 0.15) is 34.6 Å². The zero-order valence-electron chi connectivity index (χ0n) is 12.1. The number of hydrogen-bond donors (Lipinski definition) is 0. The highest BCUT2D eigenvalue weighted by molar-refractivity contribution is 9.10.